The van der Waals surface area contributed by atoms with Crippen molar-refractivity contribution in [3.63, 3.8) is 0 Å². The number of benzene rings is 2. The van der Waals surface area contributed by atoms with Gasteiger partial charge in [-0.3, -0.25) is 4.84 Å². The fourth-order valence-corrected chi connectivity index (χ4v) is 2.94. The van der Waals surface area contributed by atoms with E-state index in [0.717, 1.165) is 16.7 Å². The molecule has 0 aromatic heterocycles. The molecule has 26 heavy (non-hydrogen) atoms. The van der Waals surface area contributed by atoms with Gasteiger partial charge in [0.1, 0.15) is 11.3 Å². The molecule has 2 unspecified atom stereocenters. The molecule has 2 aromatic rings. The topological polar surface area (TPSA) is 112 Å². The van der Waals surface area contributed by atoms with Crippen molar-refractivity contribution in [2.75, 3.05) is 13.2 Å². The van der Waals surface area contributed by atoms with Crippen molar-refractivity contribution in [2.24, 2.45) is 16.8 Å². The standard InChI is InChI=1S/C18H22N5O3/c1-13-18-16(21-24)11-15(8-7-14-5-3-2-4-6-14)12-17(18)23(13,20)26-22-25-10-9-19/h2-8,11-13,22H,9-10,19-20H2,1H3/q+1/b8-7+. The van der Waals surface area contributed by atoms with Crippen LogP contribution in [0.5, 0.6) is 0 Å². The normalized spacial score (nSPS) is 21.4. The lowest BCUT2D eigenvalue weighted by Gasteiger charge is -2.42. The summed E-state index contributed by atoms with van der Waals surface area (Å²) in [5, 5.41) is 3.15. The first-order chi connectivity index (χ1) is 12.6. The predicted octanol–water partition coefficient (Wildman–Crippen LogP) is 2.84. The Bertz CT molecular complexity index is 812. The fraction of sp³-hybridized carbons (Fsp3) is 0.222. The highest BCUT2D eigenvalue weighted by Crippen LogP contribution is 2.52. The van der Waals surface area contributed by atoms with Gasteiger partial charge in [0, 0.05) is 12.6 Å². The molecule has 0 fully saturated rings. The molecule has 3 rings (SSSR count). The van der Waals surface area contributed by atoms with Crippen LogP contribution in [0.3, 0.4) is 0 Å². The summed E-state index contributed by atoms with van der Waals surface area (Å²) in [6.07, 6.45) is 3.85. The van der Waals surface area contributed by atoms with Crippen LogP contribution in [0, 0.1) is 4.91 Å². The van der Waals surface area contributed by atoms with Crippen LogP contribution in [0.4, 0.5) is 11.4 Å². The van der Waals surface area contributed by atoms with Crippen molar-refractivity contribution in [3.05, 3.63) is 64.1 Å². The number of nitrogens with two attached hydrogens (primary N) is 2. The Hall–Kier alpha value is -2.46. The maximum Gasteiger partial charge on any atom is 0.200 e. The lowest BCUT2D eigenvalue weighted by molar-refractivity contribution is -0.321. The highest BCUT2D eigenvalue weighted by atomic mass is 17.0. The van der Waals surface area contributed by atoms with E-state index in [0.29, 0.717) is 17.9 Å². The average molecular weight is 356 g/mol. The molecule has 0 aliphatic carbocycles. The maximum atomic E-state index is 11.3. The Balaban J connectivity index is 1.87. The van der Waals surface area contributed by atoms with E-state index in [4.69, 9.17) is 21.4 Å². The Morgan fingerprint density at radius 1 is 1.23 bits per heavy atom. The number of nitrogens with one attached hydrogen (secondary N) is 1. The molecular formula is C18H22N5O3+. The molecule has 0 radical (unpaired) electrons. The lowest BCUT2D eigenvalue weighted by atomic mass is 9.92. The largest absolute Gasteiger partial charge is 0.328 e. The smallest absolute Gasteiger partial charge is 0.200 e. The highest BCUT2D eigenvalue weighted by molar-refractivity contribution is 5.78. The summed E-state index contributed by atoms with van der Waals surface area (Å²) in [5.41, 5.74) is 11.3. The van der Waals surface area contributed by atoms with Crippen LogP contribution in [0.1, 0.15) is 29.7 Å². The maximum absolute atomic E-state index is 11.3. The minimum atomic E-state index is -0.366. The zero-order valence-electron chi connectivity index (χ0n) is 14.5. The third kappa shape index (κ3) is 3.42. The van der Waals surface area contributed by atoms with Gasteiger partial charge in [0.15, 0.2) is 11.7 Å². The van der Waals surface area contributed by atoms with Crippen LogP contribution < -0.4 is 22.0 Å². The number of rotatable bonds is 8. The van der Waals surface area contributed by atoms with Crippen molar-refractivity contribution in [3.8, 4) is 0 Å². The van der Waals surface area contributed by atoms with Gasteiger partial charge < -0.3 is 5.73 Å². The van der Waals surface area contributed by atoms with Crippen molar-refractivity contribution < 1.29 is 9.78 Å². The minimum Gasteiger partial charge on any atom is -0.328 e. The summed E-state index contributed by atoms with van der Waals surface area (Å²) in [7, 11) is 0. The number of nitrogens with zero attached hydrogens (tertiary/aromatic N) is 2. The van der Waals surface area contributed by atoms with Gasteiger partial charge in [0.2, 0.25) is 0 Å². The number of nitroso groups, excluding NO2 is 1. The van der Waals surface area contributed by atoms with E-state index in [9.17, 15) is 4.91 Å². The van der Waals surface area contributed by atoms with Gasteiger partial charge in [0.05, 0.1) is 6.61 Å². The summed E-state index contributed by atoms with van der Waals surface area (Å²) < 4.78 is -0.366. The predicted molar refractivity (Wildman–Crippen MR) is 101 cm³/mol. The van der Waals surface area contributed by atoms with Crippen molar-refractivity contribution in [1.29, 1.82) is 0 Å². The van der Waals surface area contributed by atoms with Gasteiger partial charge in [0.25, 0.3) is 0 Å². The van der Waals surface area contributed by atoms with E-state index in [1.165, 1.54) is 0 Å². The molecule has 0 amide bonds. The quantitative estimate of drug-likeness (QED) is 0.167. The Labute approximate surface area is 151 Å². The lowest BCUT2D eigenvalue weighted by Crippen LogP contribution is -2.65. The van der Waals surface area contributed by atoms with Crippen LogP contribution in [0.25, 0.3) is 12.2 Å². The molecule has 0 bridgehead atoms. The summed E-state index contributed by atoms with van der Waals surface area (Å²) in [6.45, 7) is 2.48. The molecule has 2 atom stereocenters. The van der Waals surface area contributed by atoms with E-state index in [1.807, 2.05) is 55.5 Å². The molecule has 1 aliphatic rings. The average Bonchev–Trinajstić information content (AvgIpc) is 2.69. The van der Waals surface area contributed by atoms with Crippen LogP contribution >= 0.6 is 0 Å². The molecule has 0 saturated heterocycles. The Kier molecular flexibility index (Phi) is 5.52. The first-order valence-corrected chi connectivity index (χ1v) is 8.28. The van der Waals surface area contributed by atoms with E-state index in [-0.39, 0.29) is 17.4 Å². The molecule has 2 aromatic carbocycles. The van der Waals surface area contributed by atoms with Crippen LogP contribution in [-0.4, -0.2) is 13.2 Å². The fourth-order valence-electron chi connectivity index (χ4n) is 2.94. The van der Waals surface area contributed by atoms with Crippen LogP contribution in [0.15, 0.2) is 47.6 Å². The first-order valence-electron chi connectivity index (χ1n) is 8.28. The third-order valence-corrected chi connectivity index (χ3v) is 4.36. The van der Waals surface area contributed by atoms with Crippen molar-refractivity contribution in [1.82, 2.24) is 10.4 Å². The third-order valence-electron chi connectivity index (χ3n) is 4.36. The summed E-state index contributed by atoms with van der Waals surface area (Å²) in [4.78, 5) is 21.7. The van der Waals surface area contributed by atoms with Gasteiger partial charge in [-0.2, -0.15) is 0 Å². The Morgan fingerprint density at radius 2 is 1.96 bits per heavy atom. The summed E-state index contributed by atoms with van der Waals surface area (Å²) in [5.74, 6) is 6.31. The zero-order chi connectivity index (χ0) is 18.6. The molecule has 8 nitrogen and oxygen atoms in total. The van der Waals surface area contributed by atoms with Gasteiger partial charge >= 0.3 is 0 Å². The second-order valence-electron chi connectivity index (χ2n) is 6.01. The van der Waals surface area contributed by atoms with Crippen LogP contribution in [-0.2, 0) is 9.78 Å². The monoisotopic (exact) mass is 356 g/mol. The van der Waals surface area contributed by atoms with Crippen molar-refractivity contribution in [2.45, 2.75) is 13.0 Å². The van der Waals surface area contributed by atoms with Gasteiger partial charge in [-0.1, -0.05) is 47.4 Å². The van der Waals surface area contributed by atoms with E-state index in [1.54, 1.807) is 6.07 Å². The second-order valence-corrected chi connectivity index (χ2v) is 6.01. The molecule has 8 heteroatoms. The summed E-state index contributed by atoms with van der Waals surface area (Å²) in [6, 6.07) is 13.2. The molecule has 0 saturated carbocycles. The minimum absolute atomic E-state index is 0.279. The second kappa shape index (κ2) is 7.83. The molecule has 5 N–H and O–H groups in total. The zero-order valence-corrected chi connectivity index (χ0v) is 14.5. The SMILES string of the molecule is CC1c2c(N=O)cc(/C=C/c3ccccc3)cc2[N+]1(N)ONOCCN. The van der Waals surface area contributed by atoms with E-state index in [2.05, 4.69) is 10.8 Å². The van der Waals surface area contributed by atoms with E-state index >= 15 is 0 Å². The van der Waals surface area contributed by atoms with Crippen molar-refractivity contribution >= 4 is 23.5 Å². The van der Waals surface area contributed by atoms with Crippen LogP contribution in [0.2, 0.25) is 0 Å². The summed E-state index contributed by atoms with van der Waals surface area (Å²) >= 11 is 0. The molecule has 136 valence electrons. The number of hydrogen-bond donors (Lipinski definition) is 3. The molecule has 0 spiro atoms. The Morgan fingerprint density at radius 3 is 2.65 bits per heavy atom. The first kappa shape index (κ1) is 18.3. The number of fused-ring (bicyclic) bond motifs is 1. The number of hydroxylamine groups is 1. The molecule has 1 aliphatic heterocycles. The van der Waals surface area contributed by atoms with Gasteiger partial charge in [-0.05, 0) is 39.7 Å². The molecule has 1 heterocycles. The highest BCUT2D eigenvalue weighted by Gasteiger charge is 2.54. The van der Waals surface area contributed by atoms with Gasteiger partial charge in [-0.25, -0.2) is 0 Å². The number of hydrogen-bond acceptors (Lipinski definition) is 7. The number of quaternary nitrogens is 1. The van der Waals surface area contributed by atoms with E-state index < -0.39 is 0 Å². The molecular weight excluding hydrogens is 334 g/mol. The van der Waals surface area contributed by atoms with Gasteiger partial charge in [-0.15, -0.1) is 10.7 Å².